The van der Waals surface area contributed by atoms with Gasteiger partial charge in [0, 0.05) is 18.9 Å². The molecule has 2 aromatic heterocycles. The molecular formula is C14H16N2O5. The molecule has 0 fully saturated rings. The summed E-state index contributed by atoms with van der Waals surface area (Å²) in [7, 11) is 1.54. The molecule has 112 valence electrons. The average molecular weight is 292 g/mol. The molecule has 7 nitrogen and oxygen atoms in total. The fourth-order valence-electron chi connectivity index (χ4n) is 2.19. The van der Waals surface area contributed by atoms with E-state index >= 15 is 0 Å². The topological polar surface area (TPSA) is 94.6 Å². The van der Waals surface area contributed by atoms with Gasteiger partial charge >= 0.3 is 5.97 Å². The molecule has 0 bridgehead atoms. The molecule has 0 amide bonds. The zero-order valence-corrected chi connectivity index (χ0v) is 12.0. The number of ether oxygens (including phenoxy) is 1. The van der Waals surface area contributed by atoms with Crippen molar-refractivity contribution >= 4 is 5.97 Å². The van der Waals surface area contributed by atoms with Gasteiger partial charge in [0.1, 0.15) is 17.9 Å². The summed E-state index contributed by atoms with van der Waals surface area (Å²) in [6, 6.07) is 3.34. The van der Waals surface area contributed by atoms with Gasteiger partial charge in [-0.05, 0) is 25.5 Å². The van der Waals surface area contributed by atoms with E-state index in [0.29, 0.717) is 22.7 Å². The zero-order valence-electron chi connectivity index (χ0n) is 12.0. The van der Waals surface area contributed by atoms with Crippen LogP contribution in [0.2, 0.25) is 0 Å². The van der Waals surface area contributed by atoms with Gasteiger partial charge in [-0.15, -0.1) is 0 Å². The number of pyridine rings is 1. The molecule has 1 N–H and O–H groups in total. The summed E-state index contributed by atoms with van der Waals surface area (Å²) in [6.45, 7) is 3.79. The molecule has 2 heterocycles. The van der Waals surface area contributed by atoms with Crippen molar-refractivity contribution in [1.82, 2.24) is 9.72 Å². The Bertz CT molecular complexity index is 729. The largest absolute Gasteiger partial charge is 0.477 e. The third-order valence-corrected chi connectivity index (χ3v) is 3.13. The van der Waals surface area contributed by atoms with Gasteiger partial charge in [-0.2, -0.15) is 0 Å². The smallest absolute Gasteiger partial charge is 0.341 e. The standard InChI is InChI=1S/C14H16N2O5/c1-8-4-9(2)16(13(17)12(8)14(18)19)6-10-5-11(7-20-3)21-15-10/h4-5H,6-7H2,1-3H3,(H,18,19). The monoisotopic (exact) mass is 292 g/mol. The summed E-state index contributed by atoms with van der Waals surface area (Å²) >= 11 is 0. The Kier molecular flexibility index (Phi) is 4.23. The second-order valence-corrected chi connectivity index (χ2v) is 4.76. The average Bonchev–Trinajstić information content (AvgIpc) is 2.81. The number of hydrogen-bond acceptors (Lipinski definition) is 5. The van der Waals surface area contributed by atoms with Crippen LogP contribution in [0.3, 0.4) is 0 Å². The van der Waals surface area contributed by atoms with E-state index in [1.165, 1.54) is 11.7 Å². The van der Waals surface area contributed by atoms with Gasteiger partial charge in [0.2, 0.25) is 0 Å². The molecular weight excluding hydrogens is 276 g/mol. The van der Waals surface area contributed by atoms with Crippen molar-refractivity contribution in [3.8, 4) is 0 Å². The minimum absolute atomic E-state index is 0.151. The quantitative estimate of drug-likeness (QED) is 0.893. The van der Waals surface area contributed by atoms with E-state index in [2.05, 4.69) is 5.16 Å². The summed E-state index contributed by atoms with van der Waals surface area (Å²) in [5.74, 6) is -0.685. The number of rotatable bonds is 5. The van der Waals surface area contributed by atoms with Gasteiger partial charge in [0.15, 0.2) is 5.76 Å². The van der Waals surface area contributed by atoms with Crippen LogP contribution >= 0.6 is 0 Å². The van der Waals surface area contributed by atoms with Crippen LogP contribution in [0, 0.1) is 13.8 Å². The van der Waals surface area contributed by atoms with Gasteiger partial charge in [-0.3, -0.25) is 4.79 Å². The molecule has 7 heteroatoms. The molecule has 0 aliphatic heterocycles. The Balaban J connectivity index is 2.41. The van der Waals surface area contributed by atoms with E-state index in [0.717, 1.165) is 0 Å². The molecule has 0 aromatic carbocycles. The highest BCUT2D eigenvalue weighted by atomic mass is 16.5. The van der Waals surface area contributed by atoms with E-state index in [1.54, 1.807) is 26.0 Å². The number of aryl methyl sites for hydroxylation is 2. The van der Waals surface area contributed by atoms with Gasteiger partial charge in [0.05, 0.1) is 6.54 Å². The molecule has 0 spiro atoms. The van der Waals surface area contributed by atoms with E-state index in [4.69, 9.17) is 14.4 Å². The Morgan fingerprint density at radius 3 is 2.76 bits per heavy atom. The van der Waals surface area contributed by atoms with Crippen LogP contribution in [0.5, 0.6) is 0 Å². The van der Waals surface area contributed by atoms with Crippen LogP contribution < -0.4 is 5.56 Å². The third kappa shape index (κ3) is 3.03. The number of nitrogens with zero attached hydrogens (tertiary/aromatic N) is 2. The second-order valence-electron chi connectivity index (χ2n) is 4.76. The van der Waals surface area contributed by atoms with E-state index in [9.17, 15) is 9.59 Å². The molecule has 0 unspecified atom stereocenters. The highest BCUT2D eigenvalue weighted by Crippen LogP contribution is 2.10. The summed E-state index contributed by atoms with van der Waals surface area (Å²) in [6.07, 6.45) is 0. The van der Waals surface area contributed by atoms with E-state index in [1.807, 2.05) is 0 Å². The summed E-state index contributed by atoms with van der Waals surface area (Å²) < 4.78 is 11.3. The molecule has 0 radical (unpaired) electrons. The van der Waals surface area contributed by atoms with Crippen molar-refractivity contribution in [2.24, 2.45) is 0 Å². The van der Waals surface area contributed by atoms with Crippen LogP contribution in [0.15, 0.2) is 21.5 Å². The molecule has 0 saturated heterocycles. The van der Waals surface area contributed by atoms with Crippen molar-refractivity contribution in [3.05, 3.63) is 50.8 Å². The van der Waals surface area contributed by atoms with Crippen molar-refractivity contribution in [1.29, 1.82) is 0 Å². The highest BCUT2D eigenvalue weighted by molar-refractivity contribution is 5.88. The number of carboxylic acid groups (broad SMARTS) is 1. The number of aromatic carboxylic acids is 1. The van der Waals surface area contributed by atoms with Crippen LogP contribution in [0.25, 0.3) is 0 Å². The molecule has 0 aliphatic carbocycles. The van der Waals surface area contributed by atoms with E-state index < -0.39 is 11.5 Å². The lowest BCUT2D eigenvalue weighted by Crippen LogP contribution is -2.29. The number of hydrogen-bond donors (Lipinski definition) is 1. The summed E-state index contributed by atoms with van der Waals surface area (Å²) in [5, 5.41) is 13.0. The second kappa shape index (κ2) is 5.92. The fourth-order valence-corrected chi connectivity index (χ4v) is 2.19. The number of methoxy groups -OCH3 is 1. The minimum atomic E-state index is -1.23. The molecule has 0 atom stereocenters. The Morgan fingerprint density at radius 1 is 1.43 bits per heavy atom. The maximum atomic E-state index is 12.3. The van der Waals surface area contributed by atoms with Crippen LogP contribution in [-0.4, -0.2) is 27.9 Å². The first-order valence-electron chi connectivity index (χ1n) is 6.31. The van der Waals surface area contributed by atoms with Crippen molar-refractivity contribution in [2.75, 3.05) is 7.11 Å². The summed E-state index contributed by atoms with van der Waals surface area (Å²) in [5.41, 5.74) is 0.880. The Morgan fingerprint density at radius 2 is 2.14 bits per heavy atom. The number of carbonyl (C=O) groups is 1. The zero-order chi connectivity index (χ0) is 15.6. The molecule has 0 saturated carbocycles. The van der Waals surface area contributed by atoms with Crippen LogP contribution in [0.1, 0.15) is 33.1 Å². The molecule has 2 aromatic rings. The third-order valence-electron chi connectivity index (χ3n) is 3.13. The van der Waals surface area contributed by atoms with Crippen LogP contribution in [-0.2, 0) is 17.9 Å². The van der Waals surface area contributed by atoms with Crippen molar-refractivity contribution in [2.45, 2.75) is 27.0 Å². The normalized spacial score (nSPS) is 10.8. The first kappa shape index (κ1) is 15.0. The van der Waals surface area contributed by atoms with Gasteiger partial charge < -0.3 is 18.9 Å². The minimum Gasteiger partial charge on any atom is -0.477 e. The first-order chi connectivity index (χ1) is 9.93. The molecule has 21 heavy (non-hydrogen) atoms. The number of carboxylic acids is 1. The van der Waals surface area contributed by atoms with Gasteiger partial charge in [-0.25, -0.2) is 4.79 Å². The van der Waals surface area contributed by atoms with Gasteiger partial charge in [0.25, 0.3) is 5.56 Å². The predicted octanol–water partition coefficient (Wildman–Crippen LogP) is 1.35. The van der Waals surface area contributed by atoms with Crippen molar-refractivity contribution < 1.29 is 19.2 Å². The van der Waals surface area contributed by atoms with E-state index in [-0.39, 0.29) is 18.7 Å². The highest BCUT2D eigenvalue weighted by Gasteiger charge is 2.17. The lowest BCUT2D eigenvalue weighted by Gasteiger charge is -2.11. The lowest BCUT2D eigenvalue weighted by molar-refractivity contribution is 0.0693. The Labute approximate surface area is 120 Å². The Hall–Kier alpha value is -2.41. The predicted molar refractivity (Wildman–Crippen MR) is 73.5 cm³/mol. The van der Waals surface area contributed by atoms with Crippen molar-refractivity contribution in [3.63, 3.8) is 0 Å². The van der Waals surface area contributed by atoms with Crippen LogP contribution in [0.4, 0.5) is 0 Å². The molecule has 0 aliphatic rings. The lowest BCUT2D eigenvalue weighted by atomic mass is 10.1. The molecule has 2 rings (SSSR count). The maximum absolute atomic E-state index is 12.3. The SMILES string of the molecule is COCc1cc(Cn2c(C)cc(C)c(C(=O)O)c2=O)no1. The number of aromatic nitrogens is 2. The first-order valence-corrected chi connectivity index (χ1v) is 6.31. The van der Waals surface area contributed by atoms with Gasteiger partial charge in [-0.1, -0.05) is 5.16 Å². The summed E-state index contributed by atoms with van der Waals surface area (Å²) in [4.78, 5) is 23.5. The maximum Gasteiger partial charge on any atom is 0.341 e. The fraction of sp³-hybridized carbons (Fsp3) is 0.357.